The molecule has 0 saturated heterocycles. The summed E-state index contributed by atoms with van der Waals surface area (Å²) >= 11 is 0. The van der Waals surface area contributed by atoms with Crippen LogP contribution in [0.4, 0.5) is 11.4 Å². The molecule has 2 amide bonds. The Bertz CT molecular complexity index is 1070. The number of carbonyl (C=O) groups is 2. The number of benzene rings is 2. The Morgan fingerprint density at radius 3 is 2.38 bits per heavy atom. The monoisotopic (exact) mass is 461 g/mol. The number of para-hydroxylation sites is 1. The van der Waals surface area contributed by atoms with Crippen molar-refractivity contribution in [3.63, 3.8) is 0 Å². The van der Waals surface area contributed by atoms with Crippen LogP contribution in [0.3, 0.4) is 0 Å². The Hall–Kier alpha value is -2.91. The standard InChI is InChI=1S/C23H31N3O5S/c1-6-21(26(32(5,29)30)18-12-11-16(2)17(3)15-18)23(28)25-20-10-8-7-9-19(20)22(27)24-13-14-31-4/h7-12,15,21H,6,13-14H2,1-5H3,(H,24,27)(H,25,28)/t21-/m1/s1. The molecule has 0 fully saturated rings. The van der Waals surface area contributed by atoms with Crippen LogP contribution in [0.2, 0.25) is 0 Å². The van der Waals surface area contributed by atoms with E-state index in [0.717, 1.165) is 21.7 Å². The molecule has 0 spiro atoms. The van der Waals surface area contributed by atoms with Gasteiger partial charge in [0, 0.05) is 13.7 Å². The number of methoxy groups -OCH3 is 1. The first kappa shape index (κ1) is 25.4. The highest BCUT2D eigenvalue weighted by molar-refractivity contribution is 7.92. The van der Waals surface area contributed by atoms with Crippen molar-refractivity contribution in [2.45, 2.75) is 33.2 Å². The lowest BCUT2D eigenvalue weighted by atomic mass is 10.1. The van der Waals surface area contributed by atoms with E-state index >= 15 is 0 Å². The van der Waals surface area contributed by atoms with Crippen molar-refractivity contribution < 1.29 is 22.7 Å². The van der Waals surface area contributed by atoms with Crippen LogP contribution in [0.15, 0.2) is 42.5 Å². The van der Waals surface area contributed by atoms with Gasteiger partial charge in [0.05, 0.1) is 29.8 Å². The molecule has 0 saturated carbocycles. The molecule has 0 unspecified atom stereocenters. The second-order valence-corrected chi connectivity index (χ2v) is 9.39. The zero-order valence-electron chi connectivity index (χ0n) is 19.1. The fourth-order valence-corrected chi connectivity index (χ4v) is 4.49. The fraction of sp³-hybridized carbons (Fsp3) is 0.391. The van der Waals surface area contributed by atoms with E-state index < -0.39 is 22.0 Å². The Kier molecular flexibility index (Phi) is 8.80. The molecule has 0 aromatic heterocycles. The fourth-order valence-electron chi connectivity index (χ4n) is 3.29. The number of rotatable bonds is 10. The van der Waals surface area contributed by atoms with Crippen molar-refractivity contribution in [1.29, 1.82) is 0 Å². The summed E-state index contributed by atoms with van der Waals surface area (Å²) in [6.45, 7) is 6.25. The average molecular weight is 462 g/mol. The van der Waals surface area contributed by atoms with Gasteiger partial charge >= 0.3 is 0 Å². The Morgan fingerprint density at radius 2 is 1.78 bits per heavy atom. The first-order chi connectivity index (χ1) is 15.1. The maximum absolute atomic E-state index is 13.2. The van der Waals surface area contributed by atoms with Crippen LogP contribution < -0.4 is 14.9 Å². The second-order valence-electron chi connectivity index (χ2n) is 7.53. The average Bonchev–Trinajstić information content (AvgIpc) is 2.73. The Balaban J connectivity index is 2.36. The van der Waals surface area contributed by atoms with Crippen molar-refractivity contribution in [3.05, 3.63) is 59.2 Å². The predicted octanol–water partition coefficient (Wildman–Crippen LogP) is 2.86. The quantitative estimate of drug-likeness (QED) is 0.530. The smallest absolute Gasteiger partial charge is 0.253 e. The third-order valence-corrected chi connectivity index (χ3v) is 6.28. The van der Waals surface area contributed by atoms with Crippen molar-refractivity contribution >= 4 is 33.2 Å². The van der Waals surface area contributed by atoms with Gasteiger partial charge in [0.1, 0.15) is 6.04 Å². The molecule has 0 radical (unpaired) electrons. The van der Waals surface area contributed by atoms with Gasteiger partial charge in [0.15, 0.2) is 0 Å². The third-order valence-electron chi connectivity index (χ3n) is 5.10. The van der Waals surface area contributed by atoms with Gasteiger partial charge in [0.2, 0.25) is 15.9 Å². The molecular weight excluding hydrogens is 430 g/mol. The Morgan fingerprint density at radius 1 is 1.09 bits per heavy atom. The molecule has 32 heavy (non-hydrogen) atoms. The molecular formula is C23H31N3O5S. The van der Waals surface area contributed by atoms with Gasteiger partial charge in [-0.05, 0) is 55.7 Å². The van der Waals surface area contributed by atoms with Crippen LogP contribution in [0, 0.1) is 13.8 Å². The number of nitrogens with one attached hydrogen (secondary N) is 2. The van der Waals surface area contributed by atoms with Crippen LogP contribution in [0.5, 0.6) is 0 Å². The van der Waals surface area contributed by atoms with E-state index in [1.807, 2.05) is 19.9 Å². The van der Waals surface area contributed by atoms with Crippen molar-refractivity contribution in [2.75, 3.05) is 36.1 Å². The number of ether oxygens (including phenoxy) is 1. The lowest BCUT2D eigenvalue weighted by molar-refractivity contribution is -0.117. The highest BCUT2D eigenvalue weighted by Crippen LogP contribution is 2.26. The number of aryl methyl sites for hydroxylation is 2. The first-order valence-electron chi connectivity index (χ1n) is 10.3. The predicted molar refractivity (Wildman–Crippen MR) is 127 cm³/mol. The minimum absolute atomic E-state index is 0.244. The van der Waals surface area contributed by atoms with Crippen LogP contribution in [-0.2, 0) is 19.6 Å². The van der Waals surface area contributed by atoms with Gasteiger partial charge in [-0.25, -0.2) is 8.42 Å². The van der Waals surface area contributed by atoms with Gasteiger partial charge in [-0.2, -0.15) is 0 Å². The van der Waals surface area contributed by atoms with Crippen LogP contribution in [0.1, 0.15) is 34.8 Å². The number of sulfonamides is 1. The summed E-state index contributed by atoms with van der Waals surface area (Å²) in [6.07, 6.45) is 1.32. The highest BCUT2D eigenvalue weighted by atomic mass is 32.2. The largest absolute Gasteiger partial charge is 0.383 e. The minimum atomic E-state index is -3.76. The number of amides is 2. The number of hydrogen-bond donors (Lipinski definition) is 2. The molecule has 2 aromatic rings. The lowest BCUT2D eigenvalue weighted by Gasteiger charge is -2.30. The molecule has 174 valence electrons. The summed E-state index contributed by atoms with van der Waals surface area (Å²) in [7, 11) is -2.22. The number of anilines is 2. The van der Waals surface area contributed by atoms with Gasteiger partial charge < -0.3 is 15.4 Å². The Labute approximate surface area is 190 Å². The summed E-state index contributed by atoms with van der Waals surface area (Å²) < 4.78 is 31.4. The van der Waals surface area contributed by atoms with E-state index in [9.17, 15) is 18.0 Å². The van der Waals surface area contributed by atoms with Gasteiger partial charge in [-0.3, -0.25) is 13.9 Å². The maximum atomic E-state index is 13.2. The molecule has 0 aliphatic rings. The second kappa shape index (κ2) is 11.1. The number of nitrogens with zero attached hydrogens (tertiary/aromatic N) is 1. The van der Waals surface area contributed by atoms with Gasteiger partial charge in [0.25, 0.3) is 5.91 Å². The summed E-state index contributed by atoms with van der Waals surface area (Å²) in [4.78, 5) is 25.7. The number of carbonyl (C=O) groups excluding carboxylic acids is 2. The molecule has 9 heteroatoms. The summed E-state index contributed by atoms with van der Waals surface area (Å²) in [5.41, 5.74) is 2.95. The summed E-state index contributed by atoms with van der Waals surface area (Å²) in [5.74, 6) is -0.881. The third kappa shape index (κ3) is 6.30. The lowest BCUT2D eigenvalue weighted by Crippen LogP contribution is -2.47. The van der Waals surface area contributed by atoms with Gasteiger partial charge in [-0.1, -0.05) is 25.1 Å². The number of hydrogen-bond acceptors (Lipinski definition) is 5. The van der Waals surface area contributed by atoms with Crippen molar-refractivity contribution in [1.82, 2.24) is 5.32 Å². The molecule has 2 aromatic carbocycles. The van der Waals surface area contributed by atoms with E-state index in [0.29, 0.717) is 24.5 Å². The molecule has 8 nitrogen and oxygen atoms in total. The zero-order chi connectivity index (χ0) is 23.9. The van der Waals surface area contributed by atoms with Crippen molar-refractivity contribution in [2.24, 2.45) is 0 Å². The summed E-state index contributed by atoms with van der Waals surface area (Å²) in [6, 6.07) is 10.9. The van der Waals surface area contributed by atoms with E-state index in [1.165, 1.54) is 7.11 Å². The zero-order valence-corrected chi connectivity index (χ0v) is 20.0. The van der Waals surface area contributed by atoms with Crippen LogP contribution in [0.25, 0.3) is 0 Å². The SMILES string of the molecule is CC[C@H](C(=O)Nc1ccccc1C(=O)NCCOC)N(c1ccc(C)c(C)c1)S(C)(=O)=O. The van der Waals surface area contributed by atoms with Crippen molar-refractivity contribution in [3.8, 4) is 0 Å². The molecule has 1 atom stereocenters. The minimum Gasteiger partial charge on any atom is -0.383 e. The van der Waals surface area contributed by atoms with E-state index in [4.69, 9.17) is 4.74 Å². The van der Waals surface area contributed by atoms with Crippen LogP contribution >= 0.6 is 0 Å². The van der Waals surface area contributed by atoms with Gasteiger partial charge in [-0.15, -0.1) is 0 Å². The topological polar surface area (TPSA) is 105 Å². The summed E-state index contributed by atoms with van der Waals surface area (Å²) in [5, 5.41) is 5.46. The highest BCUT2D eigenvalue weighted by Gasteiger charge is 2.32. The van der Waals surface area contributed by atoms with E-state index in [-0.39, 0.29) is 17.9 Å². The first-order valence-corrected chi connectivity index (χ1v) is 12.2. The normalized spacial score (nSPS) is 12.2. The molecule has 2 rings (SSSR count). The maximum Gasteiger partial charge on any atom is 0.253 e. The van der Waals surface area contributed by atoms with E-state index in [1.54, 1.807) is 43.3 Å². The molecule has 0 aliphatic heterocycles. The molecule has 0 heterocycles. The van der Waals surface area contributed by atoms with Crippen LogP contribution in [-0.4, -0.2) is 52.8 Å². The molecule has 0 bridgehead atoms. The molecule has 0 aliphatic carbocycles. The van der Waals surface area contributed by atoms with E-state index in [2.05, 4.69) is 10.6 Å². The molecule has 2 N–H and O–H groups in total.